The molecule has 2 atom stereocenters. The van der Waals surface area contributed by atoms with E-state index in [4.69, 9.17) is 15.3 Å². The molecular formula is C4H11NO5. The number of quaternary nitrogens is 1. The molecular weight excluding hydrogens is 142 g/mol. The van der Waals surface area contributed by atoms with Crippen molar-refractivity contribution in [3.8, 4) is 0 Å². The van der Waals surface area contributed by atoms with E-state index in [0.717, 1.165) is 0 Å². The van der Waals surface area contributed by atoms with Crippen molar-refractivity contribution >= 4 is 5.97 Å². The highest BCUT2D eigenvalue weighted by atomic mass is 16.4. The SMILES string of the molecule is O=C([O-])[C@H](O)[C@@H](O)CO.[NH4+]. The summed E-state index contributed by atoms with van der Waals surface area (Å²) in [6.07, 6.45) is -3.66. The van der Waals surface area contributed by atoms with E-state index in [0.29, 0.717) is 0 Å². The van der Waals surface area contributed by atoms with Gasteiger partial charge in [-0.1, -0.05) is 0 Å². The van der Waals surface area contributed by atoms with Crippen LogP contribution in [0.3, 0.4) is 0 Å². The smallest absolute Gasteiger partial charge is 0.121 e. The van der Waals surface area contributed by atoms with E-state index < -0.39 is 24.8 Å². The van der Waals surface area contributed by atoms with Crippen LogP contribution in [-0.4, -0.2) is 40.1 Å². The molecule has 10 heavy (non-hydrogen) atoms. The number of aliphatic hydroxyl groups excluding tert-OH is 3. The van der Waals surface area contributed by atoms with Crippen LogP contribution in [0.15, 0.2) is 0 Å². The van der Waals surface area contributed by atoms with Gasteiger partial charge in [-0.3, -0.25) is 0 Å². The Labute approximate surface area is 57.3 Å². The van der Waals surface area contributed by atoms with E-state index >= 15 is 0 Å². The molecule has 0 saturated heterocycles. The third-order valence-electron chi connectivity index (χ3n) is 0.793. The van der Waals surface area contributed by atoms with Crippen LogP contribution in [0, 0.1) is 0 Å². The summed E-state index contributed by atoms with van der Waals surface area (Å²) in [7, 11) is 0. The fourth-order valence-corrected chi connectivity index (χ4v) is 0.257. The Bertz CT molecular complexity index is 106. The van der Waals surface area contributed by atoms with Gasteiger partial charge in [-0.15, -0.1) is 0 Å². The van der Waals surface area contributed by atoms with Crippen molar-refractivity contribution in [3.63, 3.8) is 0 Å². The molecule has 0 radical (unpaired) electrons. The zero-order chi connectivity index (χ0) is 7.44. The maximum atomic E-state index is 9.67. The second-order valence-electron chi connectivity index (χ2n) is 1.51. The quantitative estimate of drug-likeness (QED) is 0.339. The fourth-order valence-electron chi connectivity index (χ4n) is 0.257. The summed E-state index contributed by atoms with van der Waals surface area (Å²) in [4.78, 5) is 9.67. The predicted octanol–water partition coefficient (Wildman–Crippen LogP) is -3.17. The van der Waals surface area contributed by atoms with Crippen molar-refractivity contribution in [2.45, 2.75) is 12.2 Å². The Morgan fingerprint density at radius 3 is 2.00 bits per heavy atom. The van der Waals surface area contributed by atoms with Gasteiger partial charge in [0.05, 0.1) is 12.6 Å². The Morgan fingerprint density at radius 1 is 1.50 bits per heavy atom. The minimum absolute atomic E-state index is 0. The van der Waals surface area contributed by atoms with Crippen molar-refractivity contribution in [1.29, 1.82) is 0 Å². The van der Waals surface area contributed by atoms with Crippen molar-refractivity contribution in [1.82, 2.24) is 6.15 Å². The van der Waals surface area contributed by atoms with Gasteiger partial charge in [-0.2, -0.15) is 0 Å². The second kappa shape index (κ2) is 5.12. The Balaban J connectivity index is 0. The lowest BCUT2D eigenvalue weighted by atomic mass is 10.2. The molecule has 0 spiro atoms. The minimum atomic E-state index is -2.00. The standard InChI is InChI=1S/C4H8O5.H3N/c5-1-2(6)3(7)4(8)9;/h2-3,5-7H,1H2,(H,8,9);1H3/t2-,3+;/m0./s1. The van der Waals surface area contributed by atoms with Gasteiger partial charge >= 0.3 is 0 Å². The number of carbonyl (C=O) groups is 1. The van der Waals surface area contributed by atoms with Crippen molar-refractivity contribution in [2.75, 3.05) is 6.61 Å². The summed E-state index contributed by atoms with van der Waals surface area (Å²) in [5.41, 5.74) is 0. The monoisotopic (exact) mass is 153 g/mol. The first kappa shape index (κ1) is 12.0. The molecule has 0 saturated carbocycles. The van der Waals surface area contributed by atoms with Gasteiger partial charge in [0.1, 0.15) is 12.2 Å². The number of hydrogen-bond donors (Lipinski definition) is 4. The molecule has 0 heterocycles. The topological polar surface area (TPSA) is 137 Å². The molecule has 0 aliphatic carbocycles. The largest absolute Gasteiger partial charge is 0.547 e. The van der Waals surface area contributed by atoms with Crippen LogP contribution in [-0.2, 0) is 4.79 Å². The summed E-state index contributed by atoms with van der Waals surface area (Å²) in [5, 5.41) is 34.4. The predicted molar refractivity (Wildman–Crippen MR) is 30.1 cm³/mol. The first-order valence-electron chi connectivity index (χ1n) is 2.27. The van der Waals surface area contributed by atoms with E-state index in [1.807, 2.05) is 0 Å². The molecule has 0 unspecified atom stereocenters. The molecule has 6 heteroatoms. The van der Waals surface area contributed by atoms with Crippen LogP contribution in [0.25, 0.3) is 0 Å². The van der Waals surface area contributed by atoms with Gasteiger partial charge in [0.15, 0.2) is 0 Å². The number of carboxylic acid groups (broad SMARTS) is 1. The van der Waals surface area contributed by atoms with E-state index in [1.54, 1.807) is 0 Å². The number of carboxylic acids is 1. The van der Waals surface area contributed by atoms with Crippen LogP contribution in [0.5, 0.6) is 0 Å². The lowest BCUT2D eigenvalue weighted by molar-refractivity contribution is -0.318. The van der Waals surface area contributed by atoms with E-state index in [-0.39, 0.29) is 6.15 Å². The summed E-state index contributed by atoms with van der Waals surface area (Å²) >= 11 is 0. The molecule has 0 rings (SSSR count). The van der Waals surface area contributed by atoms with Gasteiger partial charge in [-0.05, 0) is 0 Å². The Hall–Kier alpha value is -0.690. The van der Waals surface area contributed by atoms with E-state index in [2.05, 4.69) is 0 Å². The summed E-state index contributed by atoms with van der Waals surface area (Å²) in [5.74, 6) is -1.79. The highest BCUT2D eigenvalue weighted by molar-refractivity contribution is 5.70. The zero-order valence-electron chi connectivity index (χ0n) is 5.52. The highest BCUT2D eigenvalue weighted by Crippen LogP contribution is 1.88. The first-order chi connectivity index (χ1) is 4.09. The third-order valence-corrected chi connectivity index (χ3v) is 0.793. The number of rotatable bonds is 3. The van der Waals surface area contributed by atoms with Gasteiger partial charge in [0.25, 0.3) is 0 Å². The lowest BCUT2D eigenvalue weighted by Gasteiger charge is -2.15. The molecule has 0 bridgehead atoms. The average molecular weight is 153 g/mol. The summed E-state index contributed by atoms with van der Waals surface area (Å²) in [6, 6.07) is 0. The zero-order valence-corrected chi connectivity index (χ0v) is 5.52. The third kappa shape index (κ3) is 3.36. The molecule has 0 aliphatic heterocycles. The maximum Gasteiger partial charge on any atom is 0.121 e. The lowest BCUT2D eigenvalue weighted by Crippen LogP contribution is -2.44. The number of hydrogen-bond acceptors (Lipinski definition) is 5. The van der Waals surface area contributed by atoms with Crippen molar-refractivity contribution < 1.29 is 25.2 Å². The van der Waals surface area contributed by atoms with E-state index in [1.165, 1.54) is 0 Å². The summed E-state index contributed by atoms with van der Waals surface area (Å²) in [6.45, 7) is -0.796. The van der Waals surface area contributed by atoms with Crippen LogP contribution in [0.2, 0.25) is 0 Å². The van der Waals surface area contributed by atoms with Crippen molar-refractivity contribution in [2.24, 2.45) is 0 Å². The molecule has 0 aromatic rings. The number of carbonyl (C=O) groups excluding carboxylic acids is 1. The molecule has 6 nitrogen and oxygen atoms in total. The van der Waals surface area contributed by atoms with E-state index in [9.17, 15) is 9.90 Å². The highest BCUT2D eigenvalue weighted by Gasteiger charge is 2.14. The molecule has 0 aromatic carbocycles. The van der Waals surface area contributed by atoms with Crippen LogP contribution in [0.1, 0.15) is 0 Å². The fraction of sp³-hybridized carbons (Fsp3) is 0.750. The molecule has 7 N–H and O–H groups in total. The molecule has 62 valence electrons. The van der Waals surface area contributed by atoms with Crippen LogP contribution in [0.4, 0.5) is 0 Å². The second-order valence-corrected chi connectivity index (χ2v) is 1.51. The molecule has 0 fully saturated rings. The van der Waals surface area contributed by atoms with Gasteiger partial charge in [0.2, 0.25) is 0 Å². The molecule has 0 amide bonds. The molecule has 0 aliphatic rings. The maximum absolute atomic E-state index is 9.67. The van der Waals surface area contributed by atoms with Gasteiger partial charge in [0, 0.05) is 0 Å². The van der Waals surface area contributed by atoms with Crippen LogP contribution < -0.4 is 11.3 Å². The first-order valence-corrected chi connectivity index (χ1v) is 2.27. The summed E-state index contributed by atoms with van der Waals surface area (Å²) < 4.78 is 0. The Kier molecular flexibility index (Phi) is 6.16. The normalized spacial score (nSPS) is 15.1. The van der Waals surface area contributed by atoms with Gasteiger partial charge < -0.3 is 31.4 Å². The minimum Gasteiger partial charge on any atom is -0.547 e. The molecule has 0 aromatic heterocycles. The Morgan fingerprint density at radius 2 is 1.90 bits per heavy atom. The average Bonchev–Trinajstić information content (AvgIpc) is 1.84. The van der Waals surface area contributed by atoms with Gasteiger partial charge in [-0.25, -0.2) is 0 Å². The number of aliphatic hydroxyl groups is 3. The number of aliphatic carboxylic acids is 1. The van der Waals surface area contributed by atoms with Crippen LogP contribution >= 0.6 is 0 Å². The van der Waals surface area contributed by atoms with Crippen molar-refractivity contribution in [3.05, 3.63) is 0 Å².